The highest BCUT2D eigenvalue weighted by Crippen LogP contribution is 2.17. The van der Waals surface area contributed by atoms with Crippen LogP contribution in [0.25, 0.3) is 0 Å². The lowest BCUT2D eigenvalue weighted by Crippen LogP contribution is -2.22. The third-order valence-corrected chi connectivity index (χ3v) is 5.13. The Morgan fingerprint density at radius 3 is 2.28 bits per heavy atom. The Morgan fingerprint density at radius 1 is 1.28 bits per heavy atom. The van der Waals surface area contributed by atoms with Gasteiger partial charge in [-0.1, -0.05) is 0 Å². The summed E-state index contributed by atoms with van der Waals surface area (Å²) in [7, 11) is -0.271. The van der Waals surface area contributed by atoms with E-state index >= 15 is 0 Å². The summed E-state index contributed by atoms with van der Waals surface area (Å²) in [5.41, 5.74) is 0.939. The second kappa shape index (κ2) is 6.45. The Hall–Kier alpha value is -0.720. The third-order valence-electron chi connectivity index (χ3n) is 2.46. The topological polar surface area (TPSA) is 49.4 Å². The first-order valence-corrected chi connectivity index (χ1v) is 8.49. The molecular weight excluding hydrogens is 268 g/mol. The summed E-state index contributed by atoms with van der Waals surface area (Å²) in [6.45, 7) is 2.10. The molecule has 4 nitrogen and oxygen atoms in total. The number of nitrogens with one attached hydrogen (secondary N) is 1. The molecule has 0 aliphatic carbocycles. The summed E-state index contributed by atoms with van der Waals surface area (Å²) in [6.07, 6.45) is 2.06. The van der Waals surface area contributed by atoms with Crippen molar-refractivity contribution in [2.75, 3.05) is 31.4 Å². The lowest BCUT2D eigenvalue weighted by Gasteiger charge is -2.15. The van der Waals surface area contributed by atoms with E-state index in [2.05, 4.69) is 18.5 Å². The molecule has 1 aromatic carbocycles. The van der Waals surface area contributed by atoms with Crippen molar-refractivity contribution in [3.05, 3.63) is 24.3 Å². The summed E-state index contributed by atoms with van der Waals surface area (Å²) in [5.74, 6) is 1.01. The standard InChI is InChI=1S/C12H20N2O2S2/c1-10(9-17-4)13-11-5-7-12(8-6-11)18(15,16)14(2)3/h5-8,10,13H,9H2,1-4H3. The van der Waals surface area contributed by atoms with Crippen LogP contribution in [0.4, 0.5) is 5.69 Å². The van der Waals surface area contributed by atoms with E-state index < -0.39 is 10.0 Å². The molecule has 1 rings (SSSR count). The van der Waals surface area contributed by atoms with E-state index in [0.29, 0.717) is 10.9 Å². The van der Waals surface area contributed by atoms with Gasteiger partial charge in [0.2, 0.25) is 10.0 Å². The predicted molar refractivity (Wildman–Crippen MR) is 78.8 cm³/mol. The van der Waals surface area contributed by atoms with E-state index in [1.165, 1.54) is 18.4 Å². The summed E-state index contributed by atoms with van der Waals surface area (Å²) in [4.78, 5) is 0.315. The first-order chi connectivity index (χ1) is 8.37. The number of hydrogen-bond acceptors (Lipinski definition) is 4. The van der Waals surface area contributed by atoms with Gasteiger partial charge in [-0.3, -0.25) is 0 Å². The zero-order valence-electron chi connectivity index (χ0n) is 11.2. The van der Waals surface area contributed by atoms with Gasteiger partial charge in [-0.05, 0) is 37.4 Å². The van der Waals surface area contributed by atoms with E-state index in [4.69, 9.17) is 0 Å². The molecule has 0 heterocycles. The zero-order chi connectivity index (χ0) is 13.8. The molecule has 1 atom stereocenters. The number of hydrogen-bond donors (Lipinski definition) is 1. The Balaban J connectivity index is 2.81. The van der Waals surface area contributed by atoms with Crippen LogP contribution in [-0.2, 0) is 10.0 Å². The van der Waals surface area contributed by atoms with Crippen molar-refractivity contribution in [2.45, 2.75) is 17.9 Å². The quantitative estimate of drug-likeness (QED) is 0.871. The highest BCUT2D eigenvalue weighted by atomic mass is 32.2. The van der Waals surface area contributed by atoms with Gasteiger partial charge in [0, 0.05) is 31.6 Å². The van der Waals surface area contributed by atoms with Crippen LogP contribution in [0.3, 0.4) is 0 Å². The summed E-state index contributed by atoms with van der Waals surface area (Å²) in [6, 6.07) is 7.21. The van der Waals surface area contributed by atoms with Crippen molar-refractivity contribution in [3.8, 4) is 0 Å². The Morgan fingerprint density at radius 2 is 1.83 bits per heavy atom. The molecule has 1 N–H and O–H groups in total. The zero-order valence-corrected chi connectivity index (χ0v) is 12.8. The monoisotopic (exact) mass is 288 g/mol. The van der Waals surface area contributed by atoms with Crippen LogP contribution in [0.2, 0.25) is 0 Å². The number of sulfonamides is 1. The lowest BCUT2D eigenvalue weighted by atomic mass is 10.3. The van der Waals surface area contributed by atoms with Crippen LogP contribution in [0.5, 0.6) is 0 Å². The molecule has 102 valence electrons. The second-order valence-corrected chi connectivity index (χ2v) is 7.38. The van der Waals surface area contributed by atoms with Gasteiger partial charge in [-0.2, -0.15) is 11.8 Å². The number of anilines is 1. The van der Waals surface area contributed by atoms with Crippen molar-refractivity contribution in [1.82, 2.24) is 4.31 Å². The minimum absolute atomic E-state index is 0.315. The van der Waals surface area contributed by atoms with Gasteiger partial charge in [0.25, 0.3) is 0 Å². The van der Waals surface area contributed by atoms with Gasteiger partial charge in [-0.25, -0.2) is 12.7 Å². The lowest BCUT2D eigenvalue weighted by molar-refractivity contribution is 0.521. The van der Waals surface area contributed by atoms with Gasteiger partial charge >= 0.3 is 0 Å². The Labute approximate surface area is 114 Å². The van der Waals surface area contributed by atoms with Gasteiger partial charge in [-0.15, -0.1) is 0 Å². The minimum atomic E-state index is -3.33. The molecule has 0 aromatic heterocycles. The predicted octanol–water partition coefficient (Wildman–Crippen LogP) is 2.10. The normalized spacial score (nSPS) is 13.6. The molecule has 18 heavy (non-hydrogen) atoms. The molecule has 0 aliphatic heterocycles. The van der Waals surface area contributed by atoms with Gasteiger partial charge in [0.1, 0.15) is 0 Å². The molecule has 0 radical (unpaired) electrons. The molecule has 1 aromatic rings. The van der Waals surface area contributed by atoms with E-state index in [9.17, 15) is 8.42 Å². The van der Waals surface area contributed by atoms with Crippen molar-refractivity contribution < 1.29 is 8.42 Å². The number of benzene rings is 1. The highest BCUT2D eigenvalue weighted by Gasteiger charge is 2.16. The van der Waals surface area contributed by atoms with E-state index in [1.54, 1.807) is 36.0 Å². The molecular formula is C12H20N2O2S2. The number of nitrogens with zero attached hydrogens (tertiary/aromatic N) is 1. The van der Waals surface area contributed by atoms with E-state index in [0.717, 1.165) is 11.4 Å². The molecule has 0 fully saturated rings. The van der Waals surface area contributed by atoms with Crippen molar-refractivity contribution in [1.29, 1.82) is 0 Å². The summed E-state index contributed by atoms with van der Waals surface area (Å²) < 4.78 is 25.0. The Kier molecular flexibility index (Phi) is 5.49. The first-order valence-electron chi connectivity index (χ1n) is 5.66. The SMILES string of the molecule is CSCC(C)Nc1ccc(S(=O)(=O)N(C)C)cc1. The Bertz CT molecular complexity index is 469. The van der Waals surface area contributed by atoms with Crippen molar-refractivity contribution in [3.63, 3.8) is 0 Å². The van der Waals surface area contributed by atoms with Crippen LogP contribution >= 0.6 is 11.8 Å². The smallest absolute Gasteiger partial charge is 0.242 e. The van der Waals surface area contributed by atoms with Gasteiger partial charge in [0.05, 0.1) is 4.90 Å². The first kappa shape index (κ1) is 15.3. The molecule has 1 unspecified atom stereocenters. The molecule has 0 bridgehead atoms. The largest absolute Gasteiger partial charge is 0.382 e. The molecule has 0 amide bonds. The fraction of sp³-hybridized carbons (Fsp3) is 0.500. The van der Waals surface area contributed by atoms with E-state index in [1.807, 2.05) is 0 Å². The summed E-state index contributed by atoms with van der Waals surface area (Å²) >= 11 is 1.78. The van der Waals surface area contributed by atoms with Crippen LogP contribution in [0, 0.1) is 0 Å². The van der Waals surface area contributed by atoms with Crippen molar-refractivity contribution in [2.24, 2.45) is 0 Å². The average Bonchev–Trinajstić information content (AvgIpc) is 2.29. The summed E-state index contributed by atoms with van der Waals surface area (Å²) in [5, 5.41) is 3.32. The fourth-order valence-corrected chi connectivity index (χ4v) is 3.00. The second-order valence-electron chi connectivity index (χ2n) is 4.31. The number of rotatable bonds is 6. The number of thioether (sulfide) groups is 1. The van der Waals surface area contributed by atoms with Crippen molar-refractivity contribution >= 4 is 27.5 Å². The maximum absolute atomic E-state index is 11.9. The van der Waals surface area contributed by atoms with Crippen LogP contribution in [-0.4, -0.2) is 44.9 Å². The fourth-order valence-electron chi connectivity index (χ4n) is 1.51. The highest BCUT2D eigenvalue weighted by molar-refractivity contribution is 7.98. The minimum Gasteiger partial charge on any atom is -0.382 e. The van der Waals surface area contributed by atoms with Crippen LogP contribution in [0.1, 0.15) is 6.92 Å². The van der Waals surface area contributed by atoms with Gasteiger partial charge in [0.15, 0.2) is 0 Å². The maximum Gasteiger partial charge on any atom is 0.242 e. The molecule has 0 saturated carbocycles. The van der Waals surface area contributed by atoms with E-state index in [-0.39, 0.29) is 0 Å². The molecule has 0 aliphatic rings. The molecule has 0 spiro atoms. The maximum atomic E-state index is 11.9. The van der Waals surface area contributed by atoms with Crippen LogP contribution < -0.4 is 5.32 Å². The van der Waals surface area contributed by atoms with Crippen LogP contribution in [0.15, 0.2) is 29.2 Å². The third kappa shape index (κ3) is 3.90. The molecule has 0 saturated heterocycles. The molecule has 6 heteroatoms. The average molecular weight is 288 g/mol. The van der Waals surface area contributed by atoms with Gasteiger partial charge < -0.3 is 5.32 Å².